The zero-order valence-electron chi connectivity index (χ0n) is 10.1. The van der Waals surface area contributed by atoms with Gasteiger partial charge >= 0.3 is 5.97 Å². The largest absolute Gasteiger partial charge is 0.479 e. The number of nitrogens with zero attached hydrogens (tertiary/aromatic N) is 1. The number of β-lactam (4-membered cyclic amide) rings is 1. The van der Waals surface area contributed by atoms with Gasteiger partial charge in [-0.3, -0.25) is 14.5 Å². The summed E-state index contributed by atoms with van der Waals surface area (Å²) in [6.07, 6.45) is -0.832. The normalized spacial score (nSPS) is 23.9. The highest BCUT2D eigenvalue weighted by molar-refractivity contribution is 8.85. The van der Waals surface area contributed by atoms with Crippen molar-refractivity contribution in [3.8, 4) is 0 Å². The molecular weight excluding hydrogens is 334 g/mol. The van der Waals surface area contributed by atoms with Gasteiger partial charge in [0.2, 0.25) is 5.50 Å². The maximum absolute atomic E-state index is 11.7. The zero-order valence-corrected chi connectivity index (χ0v) is 13.3. The van der Waals surface area contributed by atoms with Crippen LogP contribution in [-0.4, -0.2) is 56.2 Å². The summed E-state index contributed by atoms with van der Waals surface area (Å²) >= 11 is 6.48. The highest BCUT2D eigenvalue weighted by Gasteiger charge is 2.53. The van der Waals surface area contributed by atoms with Crippen molar-refractivity contribution in [3.05, 3.63) is 0 Å². The predicted octanol–water partition coefficient (Wildman–Crippen LogP) is 2.07. The van der Waals surface area contributed by atoms with E-state index in [1.165, 1.54) is 17.9 Å². The summed E-state index contributed by atoms with van der Waals surface area (Å²) in [6.45, 7) is 1.91. The molecule has 0 aromatic rings. The molecule has 0 aromatic carbocycles. The lowest BCUT2D eigenvalue weighted by Crippen LogP contribution is -2.67. The van der Waals surface area contributed by atoms with Crippen LogP contribution < -0.4 is 0 Å². The van der Waals surface area contributed by atoms with Crippen LogP contribution in [0, 0.1) is 0 Å². The first-order valence-corrected chi connectivity index (χ1v) is 8.79. The minimum absolute atomic E-state index is 0.217. The number of ether oxygens (including phenoxy) is 1. The SMILES string of the molecule is CCSSC(=O)SC1C(OC)C(=O)N1C(Cl)C(=O)O. The number of carboxylic acids is 1. The van der Waals surface area contributed by atoms with Crippen molar-refractivity contribution in [2.45, 2.75) is 23.9 Å². The fourth-order valence-electron chi connectivity index (χ4n) is 1.38. The van der Waals surface area contributed by atoms with Gasteiger partial charge in [-0.25, -0.2) is 4.79 Å². The van der Waals surface area contributed by atoms with Crippen LogP contribution in [0.25, 0.3) is 0 Å². The number of amides is 1. The summed E-state index contributed by atoms with van der Waals surface area (Å²) in [5.74, 6) is -1.09. The van der Waals surface area contributed by atoms with Crippen LogP contribution in [0.5, 0.6) is 0 Å². The lowest BCUT2D eigenvalue weighted by molar-refractivity contribution is -0.169. The van der Waals surface area contributed by atoms with E-state index in [0.29, 0.717) is 0 Å². The molecule has 1 amide bonds. The minimum Gasteiger partial charge on any atom is -0.479 e. The molecule has 1 aliphatic heterocycles. The summed E-state index contributed by atoms with van der Waals surface area (Å²) in [5, 5.41) is 8.12. The maximum atomic E-state index is 11.7. The molecule has 1 saturated heterocycles. The van der Waals surface area contributed by atoms with E-state index in [9.17, 15) is 14.4 Å². The molecule has 1 rings (SSSR count). The van der Waals surface area contributed by atoms with E-state index in [1.807, 2.05) is 6.92 Å². The number of alkyl halides is 1. The average molecular weight is 346 g/mol. The molecule has 0 aliphatic carbocycles. The third kappa shape index (κ3) is 3.94. The summed E-state index contributed by atoms with van der Waals surface area (Å²) < 4.78 is 4.73. The number of likely N-dealkylation sites (tertiary alicyclic amines) is 1. The molecule has 6 nitrogen and oxygen atoms in total. The van der Waals surface area contributed by atoms with Crippen molar-refractivity contribution in [1.82, 2.24) is 4.90 Å². The van der Waals surface area contributed by atoms with E-state index >= 15 is 0 Å². The lowest BCUT2D eigenvalue weighted by Gasteiger charge is -2.45. The molecule has 1 N–H and O–H groups in total. The molecule has 19 heavy (non-hydrogen) atoms. The summed E-state index contributed by atoms with van der Waals surface area (Å²) in [5.41, 5.74) is -1.49. The van der Waals surface area contributed by atoms with Gasteiger partial charge in [-0.2, -0.15) is 0 Å². The molecule has 0 radical (unpaired) electrons. The number of rotatable bonds is 6. The average Bonchev–Trinajstić information content (AvgIpc) is 2.36. The van der Waals surface area contributed by atoms with Gasteiger partial charge in [0.25, 0.3) is 10.4 Å². The molecule has 3 atom stereocenters. The van der Waals surface area contributed by atoms with Gasteiger partial charge < -0.3 is 9.84 Å². The molecule has 0 spiro atoms. The highest BCUT2D eigenvalue weighted by Crippen LogP contribution is 2.39. The number of halogens is 1. The van der Waals surface area contributed by atoms with Gasteiger partial charge in [0.15, 0.2) is 6.10 Å². The third-order valence-corrected chi connectivity index (χ3v) is 6.36. The van der Waals surface area contributed by atoms with Crippen molar-refractivity contribution in [3.63, 3.8) is 0 Å². The van der Waals surface area contributed by atoms with Crippen LogP contribution >= 0.6 is 45.0 Å². The number of hydrogen-bond donors (Lipinski definition) is 1. The Morgan fingerprint density at radius 3 is 2.68 bits per heavy atom. The Bertz CT molecular complexity index is 383. The second-order valence-corrected chi connectivity index (χ2v) is 7.64. The lowest BCUT2D eigenvalue weighted by atomic mass is 10.1. The summed E-state index contributed by atoms with van der Waals surface area (Å²) in [7, 11) is 3.75. The van der Waals surface area contributed by atoms with Crippen molar-refractivity contribution in [2.24, 2.45) is 0 Å². The fraction of sp³-hybridized carbons (Fsp3) is 0.667. The van der Waals surface area contributed by atoms with Crippen molar-refractivity contribution >= 4 is 61.3 Å². The van der Waals surface area contributed by atoms with E-state index in [4.69, 9.17) is 21.4 Å². The molecule has 108 valence electrons. The Kier molecular flexibility index (Phi) is 6.81. The van der Waals surface area contributed by atoms with Gasteiger partial charge in [-0.1, -0.05) is 29.3 Å². The van der Waals surface area contributed by atoms with Gasteiger partial charge in [-0.05, 0) is 22.6 Å². The third-order valence-electron chi connectivity index (χ3n) is 2.19. The van der Waals surface area contributed by atoms with E-state index in [2.05, 4.69) is 0 Å². The molecule has 10 heteroatoms. The second-order valence-electron chi connectivity index (χ2n) is 3.32. The van der Waals surface area contributed by atoms with Crippen LogP contribution in [0.15, 0.2) is 0 Å². The molecule has 1 aliphatic rings. The van der Waals surface area contributed by atoms with Crippen molar-refractivity contribution < 1.29 is 24.2 Å². The molecule has 0 saturated carbocycles. The van der Waals surface area contributed by atoms with Crippen LogP contribution in [0.1, 0.15) is 6.92 Å². The van der Waals surface area contributed by atoms with Gasteiger partial charge in [-0.15, -0.1) is 0 Å². The first-order chi connectivity index (χ1) is 8.93. The Morgan fingerprint density at radius 2 is 2.21 bits per heavy atom. The molecule has 1 heterocycles. The number of carbonyl (C=O) groups excluding carboxylic acids is 2. The number of carbonyl (C=O) groups is 3. The van der Waals surface area contributed by atoms with E-state index in [-0.39, 0.29) is 4.45 Å². The topological polar surface area (TPSA) is 83.9 Å². The standard InChI is InChI=1S/C9H12ClNO5S3/c1-3-17-19-9(15)18-7-4(16-2)6(12)11(7)5(10)8(13)14/h4-5,7H,3H2,1-2H3,(H,13,14). The Balaban J connectivity index is 2.68. The number of thioether (sulfide) groups is 1. The second kappa shape index (κ2) is 7.63. The number of methoxy groups -OCH3 is 1. The number of aliphatic carboxylic acids is 1. The summed E-state index contributed by atoms with van der Waals surface area (Å²) in [6, 6.07) is 0. The number of hydrogen-bond acceptors (Lipinski definition) is 7. The first-order valence-electron chi connectivity index (χ1n) is 5.16. The van der Waals surface area contributed by atoms with E-state index in [1.54, 1.807) is 0 Å². The quantitative estimate of drug-likeness (QED) is 0.339. The fourth-order valence-corrected chi connectivity index (χ4v) is 4.65. The predicted molar refractivity (Wildman–Crippen MR) is 77.4 cm³/mol. The van der Waals surface area contributed by atoms with Gasteiger partial charge in [0.05, 0.1) is 0 Å². The van der Waals surface area contributed by atoms with Gasteiger partial charge in [0.1, 0.15) is 5.37 Å². The monoisotopic (exact) mass is 345 g/mol. The molecule has 1 fully saturated rings. The smallest absolute Gasteiger partial charge is 0.342 e. The first kappa shape index (κ1) is 17.0. The van der Waals surface area contributed by atoms with Crippen molar-refractivity contribution in [2.75, 3.05) is 12.9 Å². The molecular formula is C9H12ClNO5S3. The Morgan fingerprint density at radius 1 is 1.58 bits per heavy atom. The molecule has 0 bridgehead atoms. The highest BCUT2D eigenvalue weighted by atomic mass is 35.5. The Hall–Kier alpha value is -0.0900. The van der Waals surface area contributed by atoms with Crippen molar-refractivity contribution in [1.29, 1.82) is 0 Å². The molecule has 0 aromatic heterocycles. The van der Waals surface area contributed by atoms with Crippen LogP contribution in [0.2, 0.25) is 0 Å². The van der Waals surface area contributed by atoms with Gasteiger partial charge in [0, 0.05) is 12.9 Å². The molecule has 3 unspecified atom stereocenters. The zero-order chi connectivity index (χ0) is 14.6. The van der Waals surface area contributed by atoms with E-state index in [0.717, 1.165) is 33.2 Å². The summed E-state index contributed by atoms with van der Waals surface area (Å²) in [4.78, 5) is 35.0. The minimum atomic E-state index is -1.49. The van der Waals surface area contributed by atoms with E-state index < -0.39 is 28.9 Å². The van der Waals surface area contributed by atoms with Crippen LogP contribution in [-0.2, 0) is 14.3 Å². The Labute approximate surface area is 127 Å². The maximum Gasteiger partial charge on any atom is 0.342 e. The van der Waals surface area contributed by atoms with Crippen LogP contribution in [0.3, 0.4) is 0 Å². The van der Waals surface area contributed by atoms with Crippen LogP contribution in [0.4, 0.5) is 4.79 Å². The number of carboxylic acid groups (broad SMARTS) is 1.